The van der Waals surface area contributed by atoms with E-state index in [1.165, 1.54) is 4.90 Å². The predicted molar refractivity (Wildman–Crippen MR) is 182 cm³/mol. The number of nitrogens with one attached hydrogen (secondary N) is 4. The van der Waals surface area contributed by atoms with E-state index < -0.39 is 23.8 Å². The average Bonchev–Trinajstić information content (AvgIpc) is 3.45. The van der Waals surface area contributed by atoms with Gasteiger partial charge in [-0.3, -0.25) is 64.2 Å². The number of carbonyl (C=O) groups excluding carboxylic acids is 9. The summed E-state index contributed by atoms with van der Waals surface area (Å²) in [4.78, 5) is 106. The number of benzene rings is 1. The molecule has 1 aromatic rings. The Balaban J connectivity index is 0.000000304. The molecule has 2 unspecified atom stereocenters. The first-order chi connectivity index (χ1) is 24.9. The zero-order chi connectivity index (χ0) is 38.0. The third-order valence-corrected chi connectivity index (χ3v) is 9.36. The van der Waals surface area contributed by atoms with Crippen LogP contribution in [0.2, 0.25) is 0 Å². The van der Waals surface area contributed by atoms with Gasteiger partial charge in [-0.15, -0.1) is 0 Å². The van der Waals surface area contributed by atoms with Crippen molar-refractivity contribution in [3.8, 4) is 0 Å². The highest BCUT2D eigenvalue weighted by molar-refractivity contribution is 6.05. The van der Waals surface area contributed by atoms with Crippen LogP contribution in [-0.2, 0) is 51.3 Å². The monoisotopic (exact) mass is 727 g/mol. The molecule has 3 aliphatic rings. The third kappa shape index (κ3) is 13.4. The number of Topliss-reactive ketones (excluding diaryl/α,β-unsaturated/α-hetero) is 2. The molecule has 0 spiro atoms. The Hall–Kier alpha value is -4.83. The van der Waals surface area contributed by atoms with Gasteiger partial charge in [0.15, 0.2) is 0 Å². The third-order valence-electron chi connectivity index (χ3n) is 9.36. The van der Waals surface area contributed by atoms with E-state index in [0.717, 1.165) is 49.7 Å². The Morgan fingerprint density at radius 3 is 1.79 bits per heavy atom. The molecule has 284 valence electrons. The molecule has 6 N–H and O–H groups in total. The van der Waals surface area contributed by atoms with Crippen LogP contribution in [0.5, 0.6) is 0 Å². The Labute approximate surface area is 301 Å². The maximum Gasteiger partial charge on any atom is 0.255 e. The first kappa shape index (κ1) is 41.6. The molecule has 7 amide bonds. The summed E-state index contributed by atoms with van der Waals surface area (Å²) in [6, 6.07) is 4.62. The number of fused-ring (bicyclic) bond motifs is 1. The molecule has 2 saturated heterocycles. The fraction of sp³-hybridized carbons (Fsp3) is 0.583. The Bertz CT molecular complexity index is 1510. The normalized spacial score (nSPS) is 18.1. The van der Waals surface area contributed by atoms with E-state index in [1.54, 1.807) is 23.1 Å². The van der Waals surface area contributed by atoms with E-state index in [9.17, 15) is 43.2 Å². The molecule has 16 nitrogen and oxygen atoms in total. The lowest BCUT2D eigenvalue weighted by atomic mass is 9.91. The van der Waals surface area contributed by atoms with E-state index in [-0.39, 0.29) is 79.8 Å². The average molecular weight is 728 g/mol. The Morgan fingerprint density at radius 2 is 1.23 bits per heavy atom. The molecule has 1 aromatic carbocycles. The standard InChI is InChI=1S/C22H27N3O6.C14H22N2O5/c26-15(7-3-1-2-4-9-20(28)24-31)12-14-6-5-8-16-17(14)13-25(22(16)30)18-10-11-19(27)23-21(18)29;17-11(5-3-1-2-4-6-13(19)16-21)9-10-7-8-12(18)15-14(10)20/h5-6,8,18,31H,1-4,7,9-13H2,(H,24,28)(H,23,27,29);10,21H,1-9H2,(H,16,19)(H,15,18,20). The van der Waals surface area contributed by atoms with Gasteiger partial charge in [0.2, 0.25) is 35.4 Å². The van der Waals surface area contributed by atoms with Crippen molar-refractivity contribution in [2.45, 2.75) is 128 Å². The van der Waals surface area contributed by atoms with Crippen LogP contribution in [0.4, 0.5) is 0 Å². The van der Waals surface area contributed by atoms with Crippen molar-refractivity contribution in [1.29, 1.82) is 0 Å². The van der Waals surface area contributed by atoms with Crippen molar-refractivity contribution in [2.24, 2.45) is 5.92 Å². The van der Waals surface area contributed by atoms with Gasteiger partial charge in [0.1, 0.15) is 17.6 Å². The first-order valence-corrected chi connectivity index (χ1v) is 17.9. The van der Waals surface area contributed by atoms with Crippen LogP contribution in [0.15, 0.2) is 18.2 Å². The van der Waals surface area contributed by atoms with Gasteiger partial charge >= 0.3 is 0 Å². The van der Waals surface area contributed by atoms with Gasteiger partial charge in [-0.2, -0.15) is 0 Å². The summed E-state index contributed by atoms with van der Waals surface area (Å²) in [6.07, 6.45) is 9.12. The predicted octanol–water partition coefficient (Wildman–Crippen LogP) is 2.25. The number of imide groups is 2. The number of unbranched alkanes of at least 4 members (excludes halogenated alkanes) is 6. The number of amides is 7. The second-order valence-electron chi connectivity index (χ2n) is 13.3. The van der Waals surface area contributed by atoms with Gasteiger partial charge in [-0.25, -0.2) is 11.0 Å². The molecule has 2 fully saturated rings. The summed E-state index contributed by atoms with van der Waals surface area (Å²) < 4.78 is 0. The van der Waals surface area contributed by atoms with Gasteiger partial charge < -0.3 is 4.90 Å². The van der Waals surface area contributed by atoms with Gasteiger partial charge in [-0.1, -0.05) is 37.8 Å². The molecular formula is C36H49N5O11. The minimum absolute atomic E-state index is 0.0394. The van der Waals surface area contributed by atoms with Crippen molar-refractivity contribution < 1.29 is 53.6 Å². The molecule has 16 heteroatoms. The van der Waals surface area contributed by atoms with Crippen LogP contribution >= 0.6 is 0 Å². The molecule has 4 rings (SSSR count). The lowest BCUT2D eigenvalue weighted by Gasteiger charge is -2.29. The van der Waals surface area contributed by atoms with Crippen LogP contribution in [0, 0.1) is 5.92 Å². The fourth-order valence-electron chi connectivity index (χ4n) is 6.46. The maximum atomic E-state index is 12.8. The summed E-state index contributed by atoms with van der Waals surface area (Å²) in [6.45, 7) is 0.261. The molecule has 3 heterocycles. The highest BCUT2D eigenvalue weighted by atomic mass is 16.5. The molecule has 0 bridgehead atoms. The number of nitrogens with zero attached hydrogens (tertiary/aromatic N) is 1. The number of hydrogen-bond acceptors (Lipinski definition) is 11. The quantitative estimate of drug-likeness (QED) is 0.0522. The van der Waals surface area contributed by atoms with E-state index in [1.807, 2.05) is 6.07 Å². The highest BCUT2D eigenvalue weighted by Crippen LogP contribution is 2.30. The van der Waals surface area contributed by atoms with E-state index in [0.29, 0.717) is 50.5 Å². The topological polar surface area (TPSA) is 245 Å². The minimum Gasteiger partial charge on any atom is -0.322 e. The van der Waals surface area contributed by atoms with E-state index >= 15 is 0 Å². The van der Waals surface area contributed by atoms with E-state index in [2.05, 4.69) is 10.6 Å². The van der Waals surface area contributed by atoms with Gasteiger partial charge in [0.05, 0.1) is 0 Å². The number of hydrogen-bond donors (Lipinski definition) is 6. The molecular weight excluding hydrogens is 678 g/mol. The summed E-state index contributed by atoms with van der Waals surface area (Å²) in [5, 5.41) is 21.3. The Morgan fingerprint density at radius 1 is 0.692 bits per heavy atom. The lowest BCUT2D eigenvalue weighted by Crippen LogP contribution is -2.52. The number of carbonyl (C=O) groups is 9. The van der Waals surface area contributed by atoms with Gasteiger partial charge in [0, 0.05) is 69.4 Å². The van der Waals surface area contributed by atoms with Crippen molar-refractivity contribution in [3.63, 3.8) is 0 Å². The van der Waals surface area contributed by atoms with Gasteiger partial charge in [0.25, 0.3) is 5.91 Å². The lowest BCUT2D eigenvalue weighted by molar-refractivity contribution is -0.139. The summed E-state index contributed by atoms with van der Waals surface area (Å²) in [5.41, 5.74) is 5.25. The molecule has 0 aliphatic carbocycles. The van der Waals surface area contributed by atoms with Crippen LogP contribution < -0.4 is 21.6 Å². The second-order valence-corrected chi connectivity index (χ2v) is 13.3. The zero-order valence-electron chi connectivity index (χ0n) is 29.3. The number of rotatable bonds is 19. The number of ketones is 2. The molecule has 2 atom stereocenters. The van der Waals surface area contributed by atoms with Crippen LogP contribution in [0.25, 0.3) is 0 Å². The second kappa shape index (κ2) is 21.5. The summed E-state index contributed by atoms with van der Waals surface area (Å²) >= 11 is 0. The van der Waals surface area contributed by atoms with E-state index in [4.69, 9.17) is 10.4 Å². The zero-order valence-corrected chi connectivity index (χ0v) is 29.3. The van der Waals surface area contributed by atoms with Crippen molar-refractivity contribution in [3.05, 3.63) is 34.9 Å². The molecule has 0 radical (unpaired) electrons. The highest BCUT2D eigenvalue weighted by Gasteiger charge is 2.39. The van der Waals surface area contributed by atoms with Crippen molar-refractivity contribution >= 4 is 52.9 Å². The molecule has 3 aliphatic heterocycles. The van der Waals surface area contributed by atoms with Crippen molar-refractivity contribution in [1.82, 2.24) is 26.5 Å². The molecule has 52 heavy (non-hydrogen) atoms. The SMILES string of the molecule is O=C(CCCCCCC(=O)NO)CC1CCC(=O)NC1=O.O=C(CCCCCCC(=O)NO)Cc1cccc2c1CN(C1CCC(=O)NC1=O)C2=O. The molecule has 0 saturated carbocycles. The summed E-state index contributed by atoms with van der Waals surface area (Å²) in [7, 11) is 0. The maximum absolute atomic E-state index is 12.8. The van der Waals surface area contributed by atoms with Crippen LogP contribution in [-0.4, -0.2) is 74.3 Å². The number of piperidine rings is 2. The fourth-order valence-corrected chi connectivity index (χ4v) is 6.46. The first-order valence-electron chi connectivity index (χ1n) is 17.9. The van der Waals surface area contributed by atoms with Crippen LogP contribution in [0.3, 0.4) is 0 Å². The van der Waals surface area contributed by atoms with Crippen LogP contribution in [0.1, 0.15) is 131 Å². The van der Waals surface area contributed by atoms with Gasteiger partial charge in [-0.05, 0) is 55.7 Å². The van der Waals surface area contributed by atoms with Crippen molar-refractivity contribution in [2.75, 3.05) is 0 Å². The smallest absolute Gasteiger partial charge is 0.255 e. The summed E-state index contributed by atoms with van der Waals surface area (Å²) in [5.74, 6) is -2.69. The molecule has 0 aromatic heterocycles. The minimum atomic E-state index is -0.672. The largest absolute Gasteiger partial charge is 0.322 e. The Kier molecular flexibility index (Phi) is 17.2. The number of hydroxylamine groups is 2.